The van der Waals surface area contributed by atoms with Crippen LogP contribution in [-0.4, -0.2) is 4.98 Å². The van der Waals surface area contributed by atoms with Crippen molar-refractivity contribution in [1.82, 2.24) is 4.98 Å². The maximum atomic E-state index is 12.5. The Balaban J connectivity index is 3.53. The molecule has 0 unspecified atom stereocenters. The predicted molar refractivity (Wildman–Crippen MR) is 51.5 cm³/mol. The molecular formula is C9H4BrF5N2. The number of alkyl halides is 6. The van der Waals surface area contributed by atoms with Gasteiger partial charge in [-0.15, -0.1) is 0 Å². The first-order chi connectivity index (χ1) is 7.81. The number of rotatable bonds is 2. The van der Waals surface area contributed by atoms with Crippen LogP contribution in [0.15, 0.2) is 6.07 Å². The minimum atomic E-state index is -4.82. The molecule has 2 nitrogen and oxygen atoms in total. The van der Waals surface area contributed by atoms with Gasteiger partial charge in [0.05, 0.1) is 11.3 Å². The predicted octanol–water partition coefficient (Wildman–Crippen LogP) is 3.80. The molecule has 0 amide bonds. The van der Waals surface area contributed by atoms with Crippen LogP contribution in [0.3, 0.4) is 0 Å². The van der Waals surface area contributed by atoms with Crippen LogP contribution in [0.5, 0.6) is 0 Å². The van der Waals surface area contributed by atoms with Crippen molar-refractivity contribution in [1.29, 1.82) is 5.26 Å². The van der Waals surface area contributed by atoms with Gasteiger partial charge in [-0.3, -0.25) is 0 Å². The van der Waals surface area contributed by atoms with Crippen molar-refractivity contribution in [2.24, 2.45) is 0 Å². The van der Waals surface area contributed by atoms with Gasteiger partial charge < -0.3 is 0 Å². The van der Waals surface area contributed by atoms with E-state index in [1.165, 1.54) is 6.07 Å². The summed E-state index contributed by atoms with van der Waals surface area (Å²) >= 11 is 2.81. The molecule has 0 saturated carbocycles. The molecule has 0 atom stereocenters. The second-order valence-electron chi connectivity index (χ2n) is 2.96. The average Bonchev–Trinajstić information content (AvgIpc) is 2.25. The Labute approximate surface area is 101 Å². The smallest absolute Gasteiger partial charge is 0.246 e. The number of pyridine rings is 1. The molecule has 0 aliphatic heterocycles. The fourth-order valence-electron chi connectivity index (χ4n) is 1.16. The molecule has 0 fully saturated rings. The largest absolute Gasteiger partial charge is 0.433 e. The Hall–Kier alpha value is -1.23. The quantitative estimate of drug-likeness (QED) is 0.615. The summed E-state index contributed by atoms with van der Waals surface area (Å²) in [6.07, 6.45) is -7.99. The van der Waals surface area contributed by atoms with Crippen LogP contribution in [0.4, 0.5) is 22.0 Å². The summed E-state index contributed by atoms with van der Waals surface area (Å²) in [5, 5.41) is 8.44. The summed E-state index contributed by atoms with van der Waals surface area (Å²) in [4.78, 5) is 3.15. The molecule has 17 heavy (non-hydrogen) atoms. The van der Waals surface area contributed by atoms with Gasteiger partial charge in [0, 0.05) is 10.9 Å². The van der Waals surface area contributed by atoms with E-state index in [0.29, 0.717) is 0 Å². The van der Waals surface area contributed by atoms with Gasteiger partial charge in [0.15, 0.2) is 0 Å². The van der Waals surface area contributed by atoms with Gasteiger partial charge in [0.1, 0.15) is 11.8 Å². The Bertz CT molecular complexity index is 464. The lowest BCUT2D eigenvalue weighted by Gasteiger charge is -2.12. The number of halogens is 6. The molecule has 0 saturated heterocycles. The zero-order valence-corrected chi connectivity index (χ0v) is 9.61. The lowest BCUT2D eigenvalue weighted by molar-refractivity contribution is -0.141. The normalized spacial score (nSPS) is 11.6. The Morgan fingerprint density at radius 1 is 1.41 bits per heavy atom. The van der Waals surface area contributed by atoms with Gasteiger partial charge in [0.25, 0.3) is 6.43 Å². The van der Waals surface area contributed by atoms with Crippen molar-refractivity contribution < 1.29 is 22.0 Å². The van der Waals surface area contributed by atoms with Gasteiger partial charge in [-0.25, -0.2) is 13.8 Å². The molecule has 1 aromatic heterocycles. The molecule has 0 spiro atoms. The third-order valence-corrected chi connectivity index (χ3v) is 2.42. The molecule has 1 heterocycles. The average molecular weight is 315 g/mol. The molecule has 0 bridgehead atoms. The van der Waals surface area contributed by atoms with Crippen molar-refractivity contribution in [2.75, 3.05) is 0 Å². The topological polar surface area (TPSA) is 36.7 Å². The standard InChI is InChI=1S/C9H4BrF5N2/c10-2-6-5(3-16)4(8(11)12)1-7(17-6)9(13,14)15/h1,8H,2H2. The highest BCUT2D eigenvalue weighted by molar-refractivity contribution is 9.08. The van der Waals surface area contributed by atoms with Gasteiger partial charge in [-0.05, 0) is 6.07 Å². The number of hydrogen-bond acceptors (Lipinski definition) is 2. The fraction of sp³-hybridized carbons (Fsp3) is 0.333. The molecule has 92 valence electrons. The summed E-state index contributed by atoms with van der Waals surface area (Å²) in [6, 6.07) is 1.64. The molecule has 0 N–H and O–H groups in total. The number of aromatic nitrogens is 1. The van der Waals surface area contributed by atoms with Crippen molar-refractivity contribution in [2.45, 2.75) is 17.9 Å². The Kier molecular flexibility index (Phi) is 4.03. The highest BCUT2D eigenvalue weighted by Gasteiger charge is 2.35. The van der Waals surface area contributed by atoms with Gasteiger partial charge in [-0.2, -0.15) is 18.4 Å². The second kappa shape index (κ2) is 4.96. The highest BCUT2D eigenvalue weighted by atomic mass is 79.9. The third kappa shape index (κ3) is 2.91. The first kappa shape index (κ1) is 13.8. The van der Waals surface area contributed by atoms with Crippen molar-refractivity contribution in [3.63, 3.8) is 0 Å². The van der Waals surface area contributed by atoms with Crippen molar-refractivity contribution in [3.05, 3.63) is 28.6 Å². The van der Waals surface area contributed by atoms with Crippen LogP contribution in [0.2, 0.25) is 0 Å². The van der Waals surface area contributed by atoms with E-state index in [-0.39, 0.29) is 17.1 Å². The third-order valence-electron chi connectivity index (χ3n) is 1.89. The number of hydrogen-bond donors (Lipinski definition) is 0. The van der Waals surface area contributed by atoms with Crippen LogP contribution in [0.25, 0.3) is 0 Å². The summed E-state index contributed by atoms with van der Waals surface area (Å²) in [7, 11) is 0. The van der Waals surface area contributed by atoms with Crippen LogP contribution >= 0.6 is 15.9 Å². The molecule has 1 rings (SSSR count). The van der Waals surface area contributed by atoms with E-state index in [1.54, 1.807) is 0 Å². The maximum absolute atomic E-state index is 12.5. The van der Waals surface area contributed by atoms with Crippen LogP contribution in [-0.2, 0) is 11.5 Å². The van der Waals surface area contributed by atoms with Gasteiger partial charge in [-0.1, -0.05) is 15.9 Å². The SMILES string of the molecule is N#Cc1c(C(F)F)cc(C(F)(F)F)nc1CBr. The second-order valence-corrected chi connectivity index (χ2v) is 3.52. The monoisotopic (exact) mass is 314 g/mol. The molecule has 0 radical (unpaired) electrons. The zero-order valence-electron chi connectivity index (χ0n) is 8.02. The Morgan fingerprint density at radius 2 is 2.00 bits per heavy atom. The summed E-state index contributed by atoms with van der Waals surface area (Å²) in [6.45, 7) is 0. The van der Waals surface area contributed by atoms with Crippen molar-refractivity contribution in [3.8, 4) is 6.07 Å². The first-order valence-corrected chi connectivity index (χ1v) is 5.28. The first-order valence-electron chi connectivity index (χ1n) is 4.16. The minimum Gasteiger partial charge on any atom is -0.246 e. The summed E-state index contributed by atoms with van der Waals surface area (Å²) < 4.78 is 62.2. The molecule has 0 aliphatic carbocycles. The Morgan fingerprint density at radius 3 is 2.35 bits per heavy atom. The van der Waals surface area contributed by atoms with E-state index in [2.05, 4.69) is 20.9 Å². The van der Waals surface area contributed by atoms with E-state index in [4.69, 9.17) is 5.26 Å². The van der Waals surface area contributed by atoms with Crippen LogP contribution in [0, 0.1) is 11.3 Å². The van der Waals surface area contributed by atoms with Gasteiger partial charge in [0.2, 0.25) is 0 Å². The van der Waals surface area contributed by atoms with E-state index >= 15 is 0 Å². The number of nitrogens with zero attached hydrogens (tertiary/aromatic N) is 2. The van der Waals surface area contributed by atoms with Crippen LogP contribution < -0.4 is 0 Å². The van der Waals surface area contributed by atoms with E-state index in [1.807, 2.05) is 0 Å². The van der Waals surface area contributed by atoms with E-state index < -0.39 is 29.4 Å². The molecule has 8 heteroatoms. The van der Waals surface area contributed by atoms with Crippen LogP contribution in [0.1, 0.15) is 28.9 Å². The summed E-state index contributed by atoms with van der Waals surface area (Å²) in [5.74, 6) is 0. The fourth-order valence-corrected chi connectivity index (χ4v) is 1.57. The molecule has 1 aromatic rings. The summed E-state index contributed by atoms with van der Waals surface area (Å²) in [5.41, 5.74) is -3.26. The van der Waals surface area contributed by atoms with E-state index in [9.17, 15) is 22.0 Å². The van der Waals surface area contributed by atoms with E-state index in [0.717, 1.165) is 0 Å². The molecular weight excluding hydrogens is 311 g/mol. The van der Waals surface area contributed by atoms with Crippen molar-refractivity contribution >= 4 is 15.9 Å². The maximum Gasteiger partial charge on any atom is 0.433 e. The minimum absolute atomic E-state index is 0.204. The lowest BCUT2D eigenvalue weighted by Crippen LogP contribution is -2.12. The highest BCUT2D eigenvalue weighted by Crippen LogP contribution is 2.33. The zero-order chi connectivity index (χ0) is 13.2. The molecule has 0 aromatic carbocycles. The molecule has 0 aliphatic rings. The van der Waals surface area contributed by atoms with Gasteiger partial charge >= 0.3 is 6.18 Å². The lowest BCUT2D eigenvalue weighted by atomic mass is 10.1. The number of nitriles is 1.